The van der Waals surface area contributed by atoms with Gasteiger partial charge in [0.25, 0.3) is 0 Å². The van der Waals surface area contributed by atoms with Crippen molar-refractivity contribution in [2.75, 3.05) is 18.1 Å². The predicted octanol–water partition coefficient (Wildman–Crippen LogP) is 3.46. The van der Waals surface area contributed by atoms with Crippen LogP contribution in [0.5, 0.6) is 0 Å². The molecule has 13 heavy (non-hydrogen) atoms. The quantitative estimate of drug-likeness (QED) is 0.479. The topological polar surface area (TPSA) is 9.23 Å². The summed E-state index contributed by atoms with van der Waals surface area (Å²) in [6.07, 6.45) is 7.61. The Morgan fingerprint density at radius 1 is 1.46 bits per heavy atom. The number of ether oxygens (including phenoxy) is 1. The van der Waals surface area contributed by atoms with Crippen LogP contribution in [0.2, 0.25) is 0 Å². The highest BCUT2D eigenvalue weighted by Gasteiger charge is 2.34. The zero-order chi connectivity index (χ0) is 9.57. The van der Waals surface area contributed by atoms with E-state index >= 15 is 0 Å². The third-order valence-corrected chi connectivity index (χ3v) is 4.40. The van der Waals surface area contributed by atoms with Gasteiger partial charge in [-0.15, -0.1) is 0 Å². The van der Waals surface area contributed by atoms with E-state index in [-0.39, 0.29) is 0 Å². The van der Waals surface area contributed by atoms with Gasteiger partial charge >= 0.3 is 0 Å². The van der Waals surface area contributed by atoms with Gasteiger partial charge < -0.3 is 4.74 Å². The average Bonchev–Trinajstić information content (AvgIpc) is 2.09. The maximum Gasteiger partial charge on any atom is 0.0873 e. The summed E-state index contributed by atoms with van der Waals surface area (Å²) in [5.41, 5.74) is 0.671. The number of rotatable bonds is 6. The molecule has 0 atom stereocenters. The first-order valence-corrected chi connectivity index (χ1v) is 6.29. The van der Waals surface area contributed by atoms with Crippen molar-refractivity contribution in [2.45, 2.75) is 33.1 Å². The smallest absolute Gasteiger partial charge is 0.0873 e. The molecule has 0 aromatic rings. The fraction of sp³-hybridized carbons (Fsp3) is 0.818. The molecule has 1 rings (SSSR count). The standard InChI is InChI=1S/C11H20OS/c1-3-7-12-8-5-6-11(4-2)9-13-10-11/h3,7H,4-6,8-10H2,1-2H3/b7-3+. The molecule has 1 aliphatic heterocycles. The van der Waals surface area contributed by atoms with Crippen LogP contribution in [0.15, 0.2) is 12.3 Å². The van der Waals surface area contributed by atoms with Crippen molar-refractivity contribution >= 4 is 11.8 Å². The van der Waals surface area contributed by atoms with Crippen molar-refractivity contribution in [3.8, 4) is 0 Å². The molecule has 0 amide bonds. The van der Waals surface area contributed by atoms with Gasteiger partial charge in [-0.2, -0.15) is 11.8 Å². The lowest BCUT2D eigenvalue weighted by Gasteiger charge is -2.40. The molecule has 0 aromatic heterocycles. The largest absolute Gasteiger partial charge is 0.502 e. The summed E-state index contributed by atoms with van der Waals surface area (Å²) in [7, 11) is 0. The monoisotopic (exact) mass is 200 g/mol. The van der Waals surface area contributed by atoms with Gasteiger partial charge in [-0.1, -0.05) is 13.0 Å². The van der Waals surface area contributed by atoms with Gasteiger partial charge in [0.15, 0.2) is 0 Å². The van der Waals surface area contributed by atoms with Crippen LogP contribution in [0.1, 0.15) is 33.1 Å². The molecule has 0 spiro atoms. The number of allylic oxidation sites excluding steroid dienone is 1. The molecule has 0 aromatic carbocycles. The minimum absolute atomic E-state index is 0.671. The van der Waals surface area contributed by atoms with E-state index in [1.807, 2.05) is 13.0 Å². The Kier molecular flexibility index (Phi) is 4.71. The predicted molar refractivity (Wildman–Crippen MR) is 60.0 cm³/mol. The highest BCUT2D eigenvalue weighted by Crippen LogP contribution is 2.44. The molecular weight excluding hydrogens is 180 g/mol. The highest BCUT2D eigenvalue weighted by molar-refractivity contribution is 8.00. The summed E-state index contributed by atoms with van der Waals surface area (Å²) in [6.45, 7) is 5.18. The Labute approximate surface area is 85.9 Å². The fourth-order valence-corrected chi connectivity index (χ4v) is 3.09. The van der Waals surface area contributed by atoms with Crippen molar-refractivity contribution < 1.29 is 4.74 Å². The van der Waals surface area contributed by atoms with Gasteiger partial charge in [0, 0.05) is 0 Å². The lowest BCUT2D eigenvalue weighted by molar-refractivity contribution is 0.210. The molecule has 2 heteroatoms. The van der Waals surface area contributed by atoms with Gasteiger partial charge in [0.2, 0.25) is 0 Å². The first-order chi connectivity index (χ1) is 6.33. The first-order valence-electron chi connectivity index (χ1n) is 5.13. The maximum atomic E-state index is 5.30. The molecule has 76 valence electrons. The molecule has 0 N–H and O–H groups in total. The van der Waals surface area contributed by atoms with Crippen molar-refractivity contribution in [3.05, 3.63) is 12.3 Å². The number of thioether (sulfide) groups is 1. The number of hydrogen-bond acceptors (Lipinski definition) is 2. The zero-order valence-electron chi connectivity index (χ0n) is 8.71. The van der Waals surface area contributed by atoms with Crippen LogP contribution < -0.4 is 0 Å². The van der Waals surface area contributed by atoms with Crippen LogP contribution >= 0.6 is 11.8 Å². The fourth-order valence-electron chi connectivity index (χ4n) is 1.61. The van der Waals surface area contributed by atoms with Crippen molar-refractivity contribution in [1.82, 2.24) is 0 Å². The Balaban J connectivity index is 2.04. The minimum Gasteiger partial charge on any atom is -0.502 e. The normalized spacial score (nSPS) is 20.2. The Bertz CT molecular complexity index is 156. The van der Waals surface area contributed by atoms with E-state index in [1.165, 1.54) is 30.8 Å². The van der Waals surface area contributed by atoms with Crippen LogP contribution in [0.3, 0.4) is 0 Å². The maximum absolute atomic E-state index is 5.30. The summed E-state index contributed by atoms with van der Waals surface area (Å²) >= 11 is 2.08. The molecule has 1 nitrogen and oxygen atoms in total. The van der Waals surface area contributed by atoms with Crippen LogP contribution in [-0.2, 0) is 4.74 Å². The molecular formula is C11H20OS. The average molecular weight is 200 g/mol. The van der Waals surface area contributed by atoms with E-state index in [1.54, 1.807) is 6.26 Å². The van der Waals surface area contributed by atoms with E-state index < -0.39 is 0 Å². The molecule has 1 fully saturated rings. The molecule has 1 saturated heterocycles. The van der Waals surface area contributed by atoms with Gasteiger partial charge in [0.1, 0.15) is 0 Å². The van der Waals surface area contributed by atoms with E-state index in [0.29, 0.717) is 5.41 Å². The molecule has 0 radical (unpaired) electrons. The second-order valence-electron chi connectivity index (χ2n) is 3.79. The molecule has 1 heterocycles. The SMILES string of the molecule is C/C=C/OCCCC1(CC)CSC1. The zero-order valence-corrected chi connectivity index (χ0v) is 9.53. The third kappa shape index (κ3) is 3.26. The molecule has 1 aliphatic rings. The van der Waals surface area contributed by atoms with Gasteiger partial charge in [0.05, 0.1) is 12.9 Å². The Morgan fingerprint density at radius 3 is 2.69 bits per heavy atom. The summed E-state index contributed by atoms with van der Waals surface area (Å²) in [4.78, 5) is 0. The van der Waals surface area contributed by atoms with Gasteiger partial charge in [-0.25, -0.2) is 0 Å². The Hall–Kier alpha value is -0.110. The summed E-state index contributed by atoms with van der Waals surface area (Å²) in [5.74, 6) is 2.74. The van der Waals surface area contributed by atoms with Crippen molar-refractivity contribution in [1.29, 1.82) is 0 Å². The third-order valence-electron chi connectivity index (χ3n) is 2.77. The summed E-state index contributed by atoms with van der Waals surface area (Å²) in [5, 5.41) is 0. The van der Waals surface area contributed by atoms with Crippen LogP contribution in [0.4, 0.5) is 0 Å². The second-order valence-corrected chi connectivity index (χ2v) is 4.78. The van der Waals surface area contributed by atoms with E-state index in [0.717, 1.165) is 6.61 Å². The highest BCUT2D eigenvalue weighted by atomic mass is 32.2. The molecule has 0 aliphatic carbocycles. The van der Waals surface area contributed by atoms with Crippen LogP contribution in [-0.4, -0.2) is 18.1 Å². The first kappa shape index (κ1) is 11.0. The van der Waals surface area contributed by atoms with Crippen molar-refractivity contribution in [2.24, 2.45) is 5.41 Å². The molecule has 0 saturated carbocycles. The second kappa shape index (κ2) is 5.58. The van der Waals surface area contributed by atoms with Gasteiger partial charge in [-0.3, -0.25) is 0 Å². The summed E-state index contributed by atoms with van der Waals surface area (Å²) in [6, 6.07) is 0. The molecule has 0 bridgehead atoms. The van der Waals surface area contributed by atoms with Crippen LogP contribution in [0, 0.1) is 5.41 Å². The lowest BCUT2D eigenvalue weighted by atomic mass is 9.84. The van der Waals surface area contributed by atoms with Crippen LogP contribution in [0.25, 0.3) is 0 Å². The van der Waals surface area contributed by atoms with Gasteiger partial charge in [-0.05, 0) is 43.1 Å². The van der Waals surface area contributed by atoms with Crippen molar-refractivity contribution in [3.63, 3.8) is 0 Å². The summed E-state index contributed by atoms with van der Waals surface area (Å²) < 4.78 is 5.30. The lowest BCUT2D eigenvalue weighted by Crippen LogP contribution is -2.34. The minimum atomic E-state index is 0.671. The number of hydrogen-bond donors (Lipinski definition) is 0. The molecule has 0 unspecified atom stereocenters. The van der Waals surface area contributed by atoms with E-state index in [9.17, 15) is 0 Å². The Morgan fingerprint density at radius 2 is 2.23 bits per heavy atom. The van der Waals surface area contributed by atoms with E-state index in [2.05, 4.69) is 18.7 Å². The van der Waals surface area contributed by atoms with E-state index in [4.69, 9.17) is 4.74 Å².